The summed E-state index contributed by atoms with van der Waals surface area (Å²) in [6.07, 6.45) is 0. The number of methoxy groups -OCH3 is 1. The number of hydrogen-bond acceptors (Lipinski definition) is 2. The van der Waals surface area contributed by atoms with Gasteiger partial charge >= 0.3 is 0 Å². The monoisotopic (exact) mass is 416 g/mol. The number of hydrogen-bond donors (Lipinski definition) is 1. The largest absolute Gasteiger partial charge is 0.497 e. The molecule has 102 valence electrons. The second kappa shape index (κ2) is 5.38. The van der Waals surface area contributed by atoms with Gasteiger partial charge in [0, 0.05) is 9.64 Å². The van der Waals surface area contributed by atoms with E-state index in [1.165, 1.54) is 0 Å². The molecule has 0 fully saturated rings. The average Bonchev–Trinajstić information content (AvgIpc) is 2.74. The molecule has 3 nitrogen and oxygen atoms in total. The van der Waals surface area contributed by atoms with Crippen LogP contribution in [0.1, 0.15) is 0 Å². The van der Waals surface area contributed by atoms with Crippen LogP contribution in [0, 0.1) is 8.34 Å². The molecule has 1 N–H and O–H groups in total. The van der Waals surface area contributed by atoms with Gasteiger partial charge < -0.3 is 9.72 Å². The Labute approximate surface area is 139 Å². The van der Waals surface area contributed by atoms with Gasteiger partial charge in [0.05, 0.1) is 28.9 Å². The van der Waals surface area contributed by atoms with Crippen LogP contribution in [0.4, 0.5) is 0 Å². The number of nitrogens with zero attached hydrogens (tertiary/aromatic N) is 1. The van der Waals surface area contributed by atoms with Crippen molar-refractivity contribution >= 4 is 57.4 Å². The number of H-pyrrole nitrogens is 1. The molecule has 0 aliphatic heterocycles. The Morgan fingerprint density at radius 2 is 2.05 bits per heavy atom. The van der Waals surface area contributed by atoms with Crippen molar-refractivity contribution in [2.45, 2.75) is 0 Å². The number of aromatic amines is 1. The van der Waals surface area contributed by atoms with Gasteiger partial charge in [0.15, 0.2) is 4.77 Å². The first-order chi connectivity index (χ1) is 9.60. The van der Waals surface area contributed by atoms with Crippen LogP contribution in [0.15, 0.2) is 36.4 Å². The molecule has 2 aromatic carbocycles. The third-order valence-corrected chi connectivity index (χ3v) is 4.30. The Balaban J connectivity index is 2.34. The first-order valence-corrected chi connectivity index (χ1v) is 7.71. The van der Waals surface area contributed by atoms with E-state index in [0.717, 1.165) is 26.0 Å². The van der Waals surface area contributed by atoms with E-state index in [9.17, 15) is 0 Å². The van der Waals surface area contributed by atoms with Crippen molar-refractivity contribution in [1.82, 2.24) is 9.55 Å². The van der Waals surface area contributed by atoms with Gasteiger partial charge in [-0.3, -0.25) is 4.57 Å². The highest BCUT2D eigenvalue weighted by Gasteiger charge is 2.11. The Morgan fingerprint density at radius 1 is 1.25 bits per heavy atom. The molecular formula is C14H10ClIN2OS. The minimum absolute atomic E-state index is 0.608. The second-order valence-electron chi connectivity index (χ2n) is 4.24. The number of halogens is 2. The van der Waals surface area contributed by atoms with Crippen LogP contribution in [-0.2, 0) is 0 Å². The summed E-state index contributed by atoms with van der Waals surface area (Å²) in [7, 11) is 1.64. The zero-order valence-electron chi connectivity index (χ0n) is 10.5. The van der Waals surface area contributed by atoms with Crippen LogP contribution >= 0.6 is 46.4 Å². The topological polar surface area (TPSA) is 29.9 Å². The Hall–Kier alpha value is -1.05. The van der Waals surface area contributed by atoms with E-state index >= 15 is 0 Å². The number of nitrogens with one attached hydrogen (secondary N) is 1. The highest BCUT2D eigenvalue weighted by molar-refractivity contribution is 14.1. The fourth-order valence-electron chi connectivity index (χ4n) is 2.11. The molecule has 0 radical (unpaired) electrons. The zero-order chi connectivity index (χ0) is 14.3. The van der Waals surface area contributed by atoms with Crippen molar-refractivity contribution in [2.75, 3.05) is 7.11 Å². The summed E-state index contributed by atoms with van der Waals surface area (Å²) in [5.74, 6) is 0.780. The molecule has 0 bridgehead atoms. The SMILES string of the molecule is COc1ccc2[nH]c(=S)n(-c3ccc(I)cc3Cl)c2c1. The number of aromatic nitrogens is 2. The molecule has 1 aromatic heterocycles. The maximum Gasteiger partial charge on any atom is 0.182 e. The van der Waals surface area contributed by atoms with Gasteiger partial charge in [-0.1, -0.05) is 11.6 Å². The van der Waals surface area contributed by atoms with Crippen LogP contribution in [0.2, 0.25) is 5.02 Å². The maximum atomic E-state index is 6.35. The molecule has 0 amide bonds. The number of imidazole rings is 1. The normalized spacial score (nSPS) is 10.9. The third-order valence-electron chi connectivity index (χ3n) is 3.04. The molecule has 6 heteroatoms. The summed E-state index contributed by atoms with van der Waals surface area (Å²) >= 11 is 14.0. The Kier molecular flexibility index (Phi) is 3.74. The summed E-state index contributed by atoms with van der Waals surface area (Å²) in [5, 5.41) is 0.664. The minimum Gasteiger partial charge on any atom is -0.497 e. The second-order valence-corrected chi connectivity index (χ2v) is 6.28. The highest BCUT2D eigenvalue weighted by Crippen LogP contribution is 2.28. The van der Waals surface area contributed by atoms with E-state index in [2.05, 4.69) is 27.6 Å². The van der Waals surface area contributed by atoms with Gasteiger partial charge in [0.2, 0.25) is 0 Å². The average molecular weight is 417 g/mol. The molecule has 3 rings (SSSR count). The first-order valence-electron chi connectivity index (χ1n) is 5.84. The Bertz CT molecular complexity index is 856. The van der Waals surface area contributed by atoms with Gasteiger partial charge in [0.25, 0.3) is 0 Å². The quantitative estimate of drug-likeness (QED) is 0.473. The molecule has 0 atom stereocenters. The molecule has 0 saturated carbocycles. The molecule has 0 saturated heterocycles. The fourth-order valence-corrected chi connectivity index (χ4v) is 3.36. The Morgan fingerprint density at radius 3 is 2.75 bits per heavy atom. The first kappa shape index (κ1) is 13.9. The highest BCUT2D eigenvalue weighted by atomic mass is 127. The van der Waals surface area contributed by atoms with E-state index in [1.807, 2.05) is 41.0 Å². The lowest BCUT2D eigenvalue weighted by Gasteiger charge is -2.08. The van der Waals surface area contributed by atoms with Gasteiger partial charge in [-0.25, -0.2) is 0 Å². The molecule has 0 aliphatic carbocycles. The predicted molar refractivity (Wildman–Crippen MR) is 92.7 cm³/mol. The van der Waals surface area contributed by atoms with Crippen LogP contribution in [-0.4, -0.2) is 16.7 Å². The summed E-state index contributed by atoms with van der Waals surface area (Å²) in [5.41, 5.74) is 2.75. The molecule has 0 aliphatic rings. The number of benzene rings is 2. The number of rotatable bonds is 2. The van der Waals surface area contributed by atoms with Gasteiger partial charge in [-0.2, -0.15) is 0 Å². The number of ether oxygens (including phenoxy) is 1. The molecule has 20 heavy (non-hydrogen) atoms. The maximum absolute atomic E-state index is 6.35. The molecule has 3 aromatic rings. The van der Waals surface area contributed by atoms with E-state index in [-0.39, 0.29) is 0 Å². The molecule has 0 unspecified atom stereocenters. The van der Waals surface area contributed by atoms with Crippen molar-refractivity contribution in [1.29, 1.82) is 0 Å². The van der Waals surface area contributed by atoms with Gasteiger partial charge in [0.1, 0.15) is 5.75 Å². The smallest absolute Gasteiger partial charge is 0.182 e. The lowest BCUT2D eigenvalue weighted by Crippen LogP contribution is -1.95. The summed E-state index contributed by atoms with van der Waals surface area (Å²) in [6.45, 7) is 0. The number of fused-ring (bicyclic) bond motifs is 1. The van der Waals surface area contributed by atoms with Crippen LogP contribution < -0.4 is 4.74 Å². The fraction of sp³-hybridized carbons (Fsp3) is 0.0714. The van der Waals surface area contributed by atoms with E-state index in [4.69, 9.17) is 28.6 Å². The van der Waals surface area contributed by atoms with Crippen LogP contribution in [0.5, 0.6) is 5.75 Å². The lowest BCUT2D eigenvalue weighted by atomic mass is 10.2. The van der Waals surface area contributed by atoms with Crippen LogP contribution in [0.3, 0.4) is 0 Å². The van der Waals surface area contributed by atoms with Crippen LogP contribution in [0.25, 0.3) is 16.7 Å². The van der Waals surface area contributed by atoms with Crippen molar-refractivity contribution in [2.24, 2.45) is 0 Å². The third kappa shape index (κ3) is 2.34. The predicted octanol–water partition coefficient (Wildman–Crippen LogP) is 4.95. The van der Waals surface area contributed by atoms with Gasteiger partial charge in [-0.05, 0) is 65.1 Å². The van der Waals surface area contributed by atoms with Crippen molar-refractivity contribution in [3.63, 3.8) is 0 Å². The van der Waals surface area contributed by atoms with Crippen molar-refractivity contribution in [3.05, 3.63) is 49.8 Å². The molecular weight excluding hydrogens is 407 g/mol. The van der Waals surface area contributed by atoms with E-state index in [1.54, 1.807) is 7.11 Å². The molecule has 1 heterocycles. The van der Waals surface area contributed by atoms with Crippen molar-refractivity contribution in [3.8, 4) is 11.4 Å². The standard InChI is InChI=1S/C14H10ClIN2OS/c1-19-9-3-4-11-13(7-9)18(14(20)17-11)12-5-2-8(16)6-10(12)15/h2-7H,1H3,(H,17,20). The van der Waals surface area contributed by atoms with Gasteiger partial charge in [-0.15, -0.1) is 0 Å². The zero-order valence-corrected chi connectivity index (χ0v) is 14.2. The van der Waals surface area contributed by atoms with Crippen molar-refractivity contribution < 1.29 is 4.74 Å². The summed E-state index contributed by atoms with van der Waals surface area (Å²) in [4.78, 5) is 3.18. The van der Waals surface area contributed by atoms with E-state index in [0.29, 0.717) is 9.79 Å². The lowest BCUT2D eigenvalue weighted by molar-refractivity contribution is 0.415. The summed E-state index contributed by atoms with van der Waals surface area (Å²) in [6, 6.07) is 11.7. The molecule has 0 spiro atoms. The minimum atomic E-state index is 0.608. The van der Waals surface area contributed by atoms with E-state index < -0.39 is 0 Å². The summed E-state index contributed by atoms with van der Waals surface area (Å²) < 4.78 is 8.89.